The van der Waals surface area contributed by atoms with Gasteiger partial charge in [-0.15, -0.1) is 0 Å². The van der Waals surface area contributed by atoms with E-state index in [1.54, 1.807) is 6.92 Å². The summed E-state index contributed by atoms with van der Waals surface area (Å²) in [6, 6.07) is 8.29. The molecule has 0 aromatic heterocycles. The van der Waals surface area contributed by atoms with Crippen LogP contribution in [-0.4, -0.2) is 35.3 Å². The Bertz CT molecular complexity index is 502. The van der Waals surface area contributed by atoms with Gasteiger partial charge in [-0.05, 0) is 42.0 Å². The molecule has 1 aliphatic rings. The maximum atomic E-state index is 12.1. The van der Waals surface area contributed by atoms with Gasteiger partial charge in [-0.1, -0.05) is 23.9 Å². The van der Waals surface area contributed by atoms with Crippen molar-refractivity contribution in [3.63, 3.8) is 0 Å². The highest BCUT2D eigenvalue weighted by atomic mass is 32.2. The van der Waals surface area contributed by atoms with Crippen LogP contribution in [-0.2, 0) is 16.0 Å². The Morgan fingerprint density at radius 1 is 1.33 bits per heavy atom. The van der Waals surface area contributed by atoms with Gasteiger partial charge in [0.05, 0.1) is 0 Å². The molecule has 1 saturated heterocycles. The van der Waals surface area contributed by atoms with Crippen molar-refractivity contribution >= 4 is 40.2 Å². The van der Waals surface area contributed by atoms with Gasteiger partial charge in [0.1, 0.15) is 0 Å². The molecule has 2 rings (SSSR count). The van der Waals surface area contributed by atoms with Crippen LogP contribution >= 0.6 is 23.5 Å². The van der Waals surface area contributed by atoms with E-state index < -0.39 is 0 Å². The van der Waals surface area contributed by atoms with Gasteiger partial charge < -0.3 is 4.90 Å². The van der Waals surface area contributed by atoms with Crippen LogP contribution in [0.2, 0.25) is 0 Å². The number of benzene rings is 1. The molecule has 1 aliphatic heterocycles. The van der Waals surface area contributed by atoms with E-state index in [-0.39, 0.29) is 16.9 Å². The number of nitrogens with zero attached hydrogens (tertiary/aromatic N) is 1. The standard InChI is InChI=1S/C16H21NO2S2/c1-12(18)21-11-14-9-16(19)17(10-14)15-5-3-13(4-6-15)7-8-20-2/h3-6,14H,7-11H2,1-2H3. The smallest absolute Gasteiger partial charge is 0.227 e. The van der Waals surface area contributed by atoms with Crippen molar-refractivity contribution < 1.29 is 9.59 Å². The highest BCUT2D eigenvalue weighted by Crippen LogP contribution is 2.27. The van der Waals surface area contributed by atoms with E-state index in [0.29, 0.717) is 6.42 Å². The van der Waals surface area contributed by atoms with E-state index in [2.05, 4.69) is 18.4 Å². The summed E-state index contributed by atoms with van der Waals surface area (Å²) in [5.41, 5.74) is 2.28. The number of amides is 1. The van der Waals surface area contributed by atoms with Crippen LogP contribution in [0.5, 0.6) is 0 Å². The van der Waals surface area contributed by atoms with Crippen molar-refractivity contribution in [1.82, 2.24) is 0 Å². The van der Waals surface area contributed by atoms with Crippen LogP contribution in [0.4, 0.5) is 5.69 Å². The van der Waals surface area contributed by atoms with Crippen molar-refractivity contribution in [3.05, 3.63) is 29.8 Å². The first-order chi connectivity index (χ1) is 10.1. The number of anilines is 1. The van der Waals surface area contributed by atoms with Gasteiger partial charge in [0, 0.05) is 31.3 Å². The third-order valence-electron chi connectivity index (χ3n) is 3.57. The van der Waals surface area contributed by atoms with Gasteiger partial charge in [0.2, 0.25) is 5.91 Å². The largest absolute Gasteiger partial charge is 0.312 e. The third kappa shape index (κ3) is 4.78. The molecule has 0 saturated carbocycles. The first kappa shape index (κ1) is 16.4. The molecule has 21 heavy (non-hydrogen) atoms. The highest BCUT2D eigenvalue weighted by Gasteiger charge is 2.30. The number of rotatable bonds is 6. The minimum atomic E-state index is 0.124. The van der Waals surface area contributed by atoms with Crippen LogP contribution in [0.1, 0.15) is 18.9 Å². The van der Waals surface area contributed by atoms with Gasteiger partial charge in [-0.2, -0.15) is 11.8 Å². The Labute approximate surface area is 134 Å². The first-order valence-electron chi connectivity index (χ1n) is 7.11. The molecule has 0 radical (unpaired) electrons. The Morgan fingerprint density at radius 2 is 2.05 bits per heavy atom. The summed E-state index contributed by atoms with van der Waals surface area (Å²) >= 11 is 3.16. The number of carbonyl (C=O) groups is 2. The molecule has 3 nitrogen and oxygen atoms in total. The van der Waals surface area contributed by atoms with Crippen LogP contribution in [0, 0.1) is 5.92 Å². The van der Waals surface area contributed by atoms with Crippen molar-refractivity contribution in [2.45, 2.75) is 19.8 Å². The van der Waals surface area contributed by atoms with E-state index in [1.165, 1.54) is 17.3 Å². The van der Waals surface area contributed by atoms with E-state index in [0.717, 1.165) is 30.2 Å². The molecule has 1 aromatic rings. The summed E-state index contributed by atoms with van der Waals surface area (Å²) in [4.78, 5) is 25.0. The molecule has 0 aliphatic carbocycles. The lowest BCUT2D eigenvalue weighted by Crippen LogP contribution is -2.24. The maximum Gasteiger partial charge on any atom is 0.227 e. The maximum absolute atomic E-state index is 12.1. The Kier molecular flexibility index (Phi) is 6.18. The summed E-state index contributed by atoms with van der Waals surface area (Å²) in [7, 11) is 0. The van der Waals surface area contributed by atoms with Gasteiger partial charge >= 0.3 is 0 Å². The molecule has 1 unspecified atom stereocenters. The average Bonchev–Trinajstić information content (AvgIpc) is 2.84. The normalized spacial score (nSPS) is 18.3. The number of carbonyl (C=O) groups excluding carboxylic acids is 2. The van der Waals surface area contributed by atoms with E-state index in [9.17, 15) is 9.59 Å². The molecule has 1 fully saturated rings. The van der Waals surface area contributed by atoms with Crippen molar-refractivity contribution in [2.75, 3.05) is 29.2 Å². The Hall–Kier alpha value is -0.940. The molecular formula is C16H21NO2S2. The molecule has 1 aromatic carbocycles. The number of hydrogen-bond donors (Lipinski definition) is 0. The van der Waals surface area contributed by atoms with Gasteiger partial charge in [0.25, 0.3) is 0 Å². The van der Waals surface area contributed by atoms with Crippen molar-refractivity contribution in [1.29, 1.82) is 0 Å². The predicted molar refractivity (Wildman–Crippen MR) is 92.1 cm³/mol. The fraction of sp³-hybridized carbons (Fsp3) is 0.500. The highest BCUT2D eigenvalue weighted by molar-refractivity contribution is 8.13. The Morgan fingerprint density at radius 3 is 2.67 bits per heavy atom. The number of hydrogen-bond acceptors (Lipinski definition) is 4. The average molecular weight is 323 g/mol. The van der Waals surface area contributed by atoms with E-state index in [4.69, 9.17) is 0 Å². The number of thioether (sulfide) groups is 2. The molecular weight excluding hydrogens is 302 g/mol. The summed E-state index contributed by atoms with van der Waals surface area (Å²) in [5, 5.41) is 0.124. The summed E-state index contributed by atoms with van der Waals surface area (Å²) in [5.74, 6) is 2.30. The zero-order chi connectivity index (χ0) is 15.2. The fourth-order valence-electron chi connectivity index (χ4n) is 2.44. The lowest BCUT2D eigenvalue weighted by atomic mass is 10.1. The van der Waals surface area contributed by atoms with Crippen LogP contribution in [0.3, 0.4) is 0 Å². The topological polar surface area (TPSA) is 37.4 Å². The molecule has 5 heteroatoms. The van der Waals surface area contributed by atoms with E-state index >= 15 is 0 Å². The van der Waals surface area contributed by atoms with Crippen molar-refractivity contribution in [2.24, 2.45) is 5.92 Å². The lowest BCUT2D eigenvalue weighted by molar-refractivity contribution is -0.117. The molecule has 114 valence electrons. The second-order valence-corrected chi connectivity index (χ2v) is 7.47. The zero-order valence-electron chi connectivity index (χ0n) is 12.5. The zero-order valence-corrected chi connectivity index (χ0v) is 14.1. The summed E-state index contributed by atoms with van der Waals surface area (Å²) in [6.45, 7) is 2.30. The summed E-state index contributed by atoms with van der Waals surface area (Å²) < 4.78 is 0. The second kappa shape index (κ2) is 7.90. The minimum Gasteiger partial charge on any atom is -0.312 e. The van der Waals surface area contributed by atoms with Gasteiger partial charge in [0.15, 0.2) is 5.12 Å². The lowest BCUT2D eigenvalue weighted by Gasteiger charge is -2.17. The SMILES string of the molecule is CSCCc1ccc(N2CC(CSC(C)=O)CC2=O)cc1. The number of aryl methyl sites for hydroxylation is 1. The van der Waals surface area contributed by atoms with E-state index in [1.807, 2.05) is 28.8 Å². The minimum absolute atomic E-state index is 0.124. The summed E-state index contributed by atoms with van der Waals surface area (Å²) in [6.07, 6.45) is 3.72. The van der Waals surface area contributed by atoms with Crippen molar-refractivity contribution in [3.8, 4) is 0 Å². The predicted octanol–water partition coefficient (Wildman–Crippen LogP) is 3.22. The van der Waals surface area contributed by atoms with Crippen LogP contribution in [0.15, 0.2) is 24.3 Å². The molecule has 0 N–H and O–H groups in total. The molecule has 1 atom stereocenters. The molecule has 0 bridgehead atoms. The third-order valence-corrected chi connectivity index (χ3v) is 5.23. The second-order valence-electron chi connectivity index (χ2n) is 5.29. The molecule has 1 heterocycles. The Balaban J connectivity index is 1.95. The fourth-order valence-corrected chi connectivity index (χ4v) is 3.57. The van der Waals surface area contributed by atoms with Gasteiger partial charge in [-0.3, -0.25) is 9.59 Å². The van der Waals surface area contributed by atoms with Gasteiger partial charge in [-0.25, -0.2) is 0 Å². The van der Waals surface area contributed by atoms with Crippen LogP contribution < -0.4 is 4.90 Å². The molecule has 0 spiro atoms. The molecule has 1 amide bonds. The first-order valence-corrected chi connectivity index (χ1v) is 9.49. The monoisotopic (exact) mass is 323 g/mol. The quantitative estimate of drug-likeness (QED) is 0.805. The van der Waals surface area contributed by atoms with Crippen LogP contribution in [0.25, 0.3) is 0 Å².